The number of thioether (sulfide) groups is 1. The summed E-state index contributed by atoms with van der Waals surface area (Å²) in [4.78, 5) is 0. The summed E-state index contributed by atoms with van der Waals surface area (Å²) in [7, 11) is 0. The highest BCUT2D eigenvalue weighted by Gasteiger charge is 2.16. The van der Waals surface area contributed by atoms with Gasteiger partial charge in [0.2, 0.25) is 0 Å². The van der Waals surface area contributed by atoms with E-state index in [-0.39, 0.29) is 0 Å². The normalized spacial score (nSPS) is 22.9. The molecule has 1 N–H and O–H groups in total. The van der Waals surface area contributed by atoms with Crippen molar-refractivity contribution >= 4 is 11.8 Å². The number of rotatable bonds is 6. The monoisotopic (exact) mass is 291 g/mol. The van der Waals surface area contributed by atoms with Gasteiger partial charge in [-0.25, -0.2) is 0 Å². The zero-order valence-corrected chi connectivity index (χ0v) is 14.1. The summed E-state index contributed by atoms with van der Waals surface area (Å²) in [5.74, 6) is 3.32. The highest BCUT2D eigenvalue weighted by molar-refractivity contribution is 7.98. The van der Waals surface area contributed by atoms with Crippen molar-refractivity contribution in [3.8, 4) is 0 Å². The van der Waals surface area contributed by atoms with Gasteiger partial charge in [-0.2, -0.15) is 11.8 Å². The number of benzene rings is 1. The molecule has 1 aliphatic carbocycles. The van der Waals surface area contributed by atoms with E-state index in [9.17, 15) is 0 Å². The van der Waals surface area contributed by atoms with Crippen molar-refractivity contribution in [3.05, 3.63) is 34.9 Å². The molecule has 0 radical (unpaired) electrons. The summed E-state index contributed by atoms with van der Waals surface area (Å²) in [5.41, 5.74) is 4.24. The van der Waals surface area contributed by atoms with Crippen molar-refractivity contribution in [2.24, 2.45) is 5.92 Å². The van der Waals surface area contributed by atoms with Crippen LogP contribution < -0.4 is 5.32 Å². The Bertz CT molecular complexity index is 388. The van der Waals surface area contributed by atoms with Crippen LogP contribution in [-0.4, -0.2) is 18.3 Å². The summed E-state index contributed by atoms with van der Waals surface area (Å²) >= 11 is 2.05. The third-order valence-electron chi connectivity index (χ3n) is 4.25. The lowest BCUT2D eigenvalue weighted by Crippen LogP contribution is -2.34. The first-order valence-corrected chi connectivity index (χ1v) is 9.17. The quantitative estimate of drug-likeness (QED) is 0.762. The molecule has 0 aromatic heterocycles. The van der Waals surface area contributed by atoms with Gasteiger partial charge in [-0.05, 0) is 51.0 Å². The van der Waals surface area contributed by atoms with Gasteiger partial charge < -0.3 is 5.32 Å². The Balaban J connectivity index is 1.59. The Labute approximate surface area is 128 Å². The SMILES string of the molecule is Cc1cc(C)cc(CSCCNC2CCC(C)CC2)c1. The summed E-state index contributed by atoms with van der Waals surface area (Å²) < 4.78 is 0. The molecule has 0 unspecified atom stereocenters. The smallest absolute Gasteiger partial charge is 0.0185 e. The molecule has 0 saturated heterocycles. The number of aryl methyl sites for hydroxylation is 2. The van der Waals surface area contributed by atoms with E-state index in [1.807, 2.05) is 0 Å². The van der Waals surface area contributed by atoms with Crippen LogP contribution >= 0.6 is 11.8 Å². The van der Waals surface area contributed by atoms with Gasteiger partial charge in [-0.15, -0.1) is 0 Å². The molecule has 2 heteroatoms. The van der Waals surface area contributed by atoms with Crippen LogP contribution in [0, 0.1) is 19.8 Å². The second kappa shape index (κ2) is 8.09. The molecule has 1 nitrogen and oxygen atoms in total. The Morgan fingerprint density at radius 2 is 1.70 bits per heavy atom. The van der Waals surface area contributed by atoms with Crippen LogP contribution in [0.2, 0.25) is 0 Å². The molecule has 2 rings (SSSR count). The molecule has 112 valence electrons. The molecule has 0 aliphatic heterocycles. The Morgan fingerprint density at radius 1 is 1.05 bits per heavy atom. The van der Waals surface area contributed by atoms with Crippen LogP contribution in [0.5, 0.6) is 0 Å². The number of hydrogen-bond donors (Lipinski definition) is 1. The molecule has 20 heavy (non-hydrogen) atoms. The maximum absolute atomic E-state index is 3.73. The summed E-state index contributed by atoms with van der Waals surface area (Å²) in [6.07, 6.45) is 5.58. The van der Waals surface area contributed by atoms with Crippen LogP contribution in [0.1, 0.15) is 49.3 Å². The van der Waals surface area contributed by atoms with Gasteiger partial charge in [0.05, 0.1) is 0 Å². The zero-order chi connectivity index (χ0) is 14.4. The van der Waals surface area contributed by atoms with Gasteiger partial charge in [-0.3, -0.25) is 0 Å². The highest BCUT2D eigenvalue weighted by atomic mass is 32.2. The molecular weight excluding hydrogens is 262 g/mol. The van der Waals surface area contributed by atoms with Crippen molar-refractivity contribution in [1.29, 1.82) is 0 Å². The van der Waals surface area contributed by atoms with Crippen molar-refractivity contribution in [2.45, 2.75) is 58.2 Å². The van der Waals surface area contributed by atoms with Crippen LogP contribution in [0.15, 0.2) is 18.2 Å². The zero-order valence-electron chi connectivity index (χ0n) is 13.2. The lowest BCUT2D eigenvalue weighted by molar-refractivity contribution is 0.312. The van der Waals surface area contributed by atoms with E-state index >= 15 is 0 Å². The molecule has 0 spiro atoms. The maximum atomic E-state index is 3.73. The molecule has 1 aliphatic rings. The van der Waals surface area contributed by atoms with Gasteiger partial charge in [0.1, 0.15) is 0 Å². The topological polar surface area (TPSA) is 12.0 Å². The Kier molecular flexibility index (Phi) is 6.44. The first-order valence-electron chi connectivity index (χ1n) is 8.02. The van der Waals surface area contributed by atoms with E-state index in [2.05, 4.69) is 56.0 Å². The molecule has 1 aromatic rings. The number of nitrogens with one attached hydrogen (secondary N) is 1. The highest BCUT2D eigenvalue weighted by Crippen LogP contribution is 2.23. The minimum Gasteiger partial charge on any atom is -0.313 e. The fourth-order valence-electron chi connectivity index (χ4n) is 3.14. The lowest BCUT2D eigenvalue weighted by Gasteiger charge is -2.26. The Morgan fingerprint density at radius 3 is 2.35 bits per heavy atom. The standard InChI is InChI=1S/C18H29NS/c1-14-4-6-18(7-5-14)19-8-9-20-13-17-11-15(2)10-16(3)12-17/h10-12,14,18-19H,4-9,13H2,1-3H3. The summed E-state index contributed by atoms with van der Waals surface area (Å²) in [5, 5.41) is 3.73. The van der Waals surface area contributed by atoms with Crippen LogP contribution in [0.4, 0.5) is 0 Å². The fourth-order valence-corrected chi connectivity index (χ4v) is 3.95. The van der Waals surface area contributed by atoms with Crippen molar-refractivity contribution in [1.82, 2.24) is 5.32 Å². The van der Waals surface area contributed by atoms with E-state index in [1.54, 1.807) is 0 Å². The Hall–Kier alpha value is -0.470. The van der Waals surface area contributed by atoms with E-state index < -0.39 is 0 Å². The van der Waals surface area contributed by atoms with Gasteiger partial charge in [-0.1, -0.05) is 36.2 Å². The fraction of sp³-hybridized carbons (Fsp3) is 0.667. The van der Waals surface area contributed by atoms with Gasteiger partial charge in [0.25, 0.3) is 0 Å². The second-order valence-corrected chi connectivity index (χ2v) is 7.56. The third-order valence-corrected chi connectivity index (χ3v) is 5.28. The minimum absolute atomic E-state index is 0.785. The molecule has 1 aromatic carbocycles. The first-order chi connectivity index (χ1) is 9.63. The molecule has 1 saturated carbocycles. The predicted octanol–water partition coefficient (Wildman–Crippen LogP) is 4.70. The van der Waals surface area contributed by atoms with E-state index in [0.717, 1.165) is 24.3 Å². The molecule has 1 fully saturated rings. The minimum atomic E-state index is 0.785. The van der Waals surface area contributed by atoms with Crippen LogP contribution in [0.3, 0.4) is 0 Å². The van der Waals surface area contributed by atoms with Gasteiger partial charge >= 0.3 is 0 Å². The van der Waals surface area contributed by atoms with Crippen LogP contribution in [-0.2, 0) is 5.75 Å². The average molecular weight is 292 g/mol. The molecule has 0 atom stereocenters. The maximum Gasteiger partial charge on any atom is 0.0185 e. The predicted molar refractivity (Wildman–Crippen MR) is 91.5 cm³/mol. The van der Waals surface area contributed by atoms with E-state index in [0.29, 0.717) is 0 Å². The summed E-state index contributed by atoms with van der Waals surface area (Å²) in [6, 6.07) is 7.67. The largest absolute Gasteiger partial charge is 0.313 e. The first kappa shape index (κ1) is 15.9. The van der Waals surface area contributed by atoms with E-state index in [4.69, 9.17) is 0 Å². The van der Waals surface area contributed by atoms with Crippen molar-refractivity contribution in [3.63, 3.8) is 0 Å². The molecule has 0 bridgehead atoms. The average Bonchev–Trinajstić information content (AvgIpc) is 2.39. The third kappa shape index (κ3) is 5.49. The van der Waals surface area contributed by atoms with Gasteiger partial charge in [0.15, 0.2) is 0 Å². The van der Waals surface area contributed by atoms with Crippen molar-refractivity contribution < 1.29 is 0 Å². The number of hydrogen-bond acceptors (Lipinski definition) is 2. The van der Waals surface area contributed by atoms with E-state index in [1.165, 1.54) is 48.1 Å². The second-order valence-electron chi connectivity index (χ2n) is 6.46. The molecule has 0 amide bonds. The van der Waals surface area contributed by atoms with Gasteiger partial charge in [0, 0.05) is 24.1 Å². The summed E-state index contributed by atoms with van der Waals surface area (Å²) in [6.45, 7) is 7.92. The molecular formula is C18H29NS. The lowest BCUT2D eigenvalue weighted by atomic mass is 9.87. The molecule has 0 heterocycles. The van der Waals surface area contributed by atoms with Crippen molar-refractivity contribution in [2.75, 3.05) is 12.3 Å². The van der Waals surface area contributed by atoms with Crippen LogP contribution in [0.25, 0.3) is 0 Å².